The Bertz CT molecular complexity index is 847. The van der Waals surface area contributed by atoms with Crippen molar-refractivity contribution >= 4 is 25.8 Å². The summed E-state index contributed by atoms with van der Waals surface area (Å²) in [5.74, 6) is -2.32. The van der Waals surface area contributed by atoms with Gasteiger partial charge in [-0.3, -0.25) is 13.9 Å². The molecule has 0 unspecified atom stereocenters. The summed E-state index contributed by atoms with van der Waals surface area (Å²) in [6.07, 6.45) is 2.33. The highest BCUT2D eigenvalue weighted by atomic mass is 31.2. The van der Waals surface area contributed by atoms with E-state index in [1.165, 1.54) is 6.20 Å². The molecule has 0 aliphatic heterocycles. The zero-order valence-electron chi connectivity index (χ0n) is 14.1. The lowest BCUT2D eigenvalue weighted by atomic mass is 10.1. The molecule has 0 aromatic carbocycles. The molecule has 0 spiro atoms. The largest absolute Gasteiger partial charge is 0.469 e. The van der Waals surface area contributed by atoms with Crippen LogP contribution >= 0.6 is 7.82 Å². The van der Waals surface area contributed by atoms with Crippen LogP contribution in [0.5, 0.6) is 0 Å². The fourth-order valence-corrected chi connectivity index (χ4v) is 2.55. The highest BCUT2D eigenvalue weighted by Crippen LogP contribution is 2.55. The van der Waals surface area contributed by atoms with E-state index in [-0.39, 0.29) is 18.9 Å². The maximum absolute atomic E-state index is 13.5. The van der Waals surface area contributed by atoms with Crippen LogP contribution in [0, 0.1) is 17.2 Å². The Labute approximate surface area is 147 Å². The third-order valence-corrected chi connectivity index (χ3v) is 4.25. The van der Waals surface area contributed by atoms with Crippen LogP contribution in [-0.2, 0) is 18.6 Å². The van der Waals surface area contributed by atoms with Gasteiger partial charge >= 0.3 is 19.5 Å². The number of hydrogen-bond acceptors (Lipinski definition) is 7. The van der Waals surface area contributed by atoms with Gasteiger partial charge in [-0.25, -0.2) is 13.8 Å². The molecule has 1 saturated carbocycles. The quantitative estimate of drug-likeness (QED) is 0.445. The average molecular weight is 391 g/mol. The number of aromatic nitrogens is 2. The number of nitrogens with zero attached hydrogens (tertiary/aromatic N) is 2. The topological polar surface area (TPSA) is 154 Å². The highest BCUT2D eigenvalue weighted by Gasteiger charge is 2.51. The molecule has 144 valence electrons. The second-order valence-corrected chi connectivity index (χ2v) is 7.54. The minimum Gasteiger partial charge on any atom is -0.464 e. The van der Waals surface area contributed by atoms with E-state index in [4.69, 9.17) is 20.3 Å². The molecule has 4 N–H and O–H groups in total. The van der Waals surface area contributed by atoms with Crippen molar-refractivity contribution in [2.75, 3.05) is 18.9 Å². The van der Waals surface area contributed by atoms with Crippen molar-refractivity contribution in [2.24, 2.45) is 11.3 Å². The summed E-state index contributed by atoms with van der Waals surface area (Å²) < 4.78 is 35.0. The lowest BCUT2D eigenvalue weighted by Gasteiger charge is -2.17. The molecule has 10 nitrogen and oxygen atoms in total. The number of rotatable bonds is 7. The number of phosphoric ester groups is 1. The predicted octanol–water partition coefficient (Wildman–Crippen LogP) is 0.504. The first-order chi connectivity index (χ1) is 11.9. The van der Waals surface area contributed by atoms with Crippen LogP contribution < -0.4 is 11.4 Å². The second-order valence-electron chi connectivity index (χ2n) is 6.30. The number of phosphoric acid groups is 1. The molecule has 2 rings (SSSR count). The maximum atomic E-state index is 13.5. The molecule has 1 heterocycles. The minimum atomic E-state index is -4.75. The Morgan fingerprint density at radius 3 is 2.77 bits per heavy atom. The lowest BCUT2D eigenvalue weighted by Crippen LogP contribution is -2.23. The molecular formula is C14H19FN3O7P. The van der Waals surface area contributed by atoms with E-state index in [2.05, 4.69) is 9.51 Å². The molecule has 26 heavy (non-hydrogen) atoms. The summed E-state index contributed by atoms with van der Waals surface area (Å²) in [6.45, 7) is 2.63. The van der Waals surface area contributed by atoms with Gasteiger partial charge in [-0.1, -0.05) is 13.8 Å². The number of hydrogen-bond donors (Lipinski definition) is 3. The molecule has 0 radical (unpaired) electrons. The monoisotopic (exact) mass is 391 g/mol. The van der Waals surface area contributed by atoms with Crippen molar-refractivity contribution in [3.05, 3.63) is 28.1 Å². The Morgan fingerprint density at radius 1 is 1.54 bits per heavy atom. The van der Waals surface area contributed by atoms with Gasteiger partial charge in [0.15, 0.2) is 11.6 Å². The van der Waals surface area contributed by atoms with Crippen LogP contribution in [0.2, 0.25) is 0 Å². The van der Waals surface area contributed by atoms with Gasteiger partial charge in [-0.05, 0) is 12.0 Å². The Balaban J connectivity index is 2.24. The van der Waals surface area contributed by atoms with E-state index in [0.29, 0.717) is 5.57 Å². The van der Waals surface area contributed by atoms with E-state index in [9.17, 15) is 18.5 Å². The van der Waals surface area contributed by atoms with Gasteiger partial charge in [0.05, 0.1) is 24.1 Å². The van der Waals surface area contributed by atoms with Gasteiger partial charge in [0.25, 0.3) is 0 Å². The van der Waals surface area contributed by atoms with Crippen molar-refractivity contribution in [3.8, 4) is 0 Å². The van der Waals surface area contributed by atoms with Gasteiger partial charge in [0.2, 0.25) is 0 Å². The number of carbonyl (C=O) groups is 1. The zero-order chi connectivity index (χ0) is 19.7. The predicted molar refractivity (Wildman–Crippen MR) is 88.0 cm³/mol. The van der Waals surface area contributed by atoms with Crippen molar-refractivity contribution in [2.45, 2.75) is 20.3 Å². The van der Waals surface area contributed by atoms with Gasteiger partial charge in [-0.2, -0.15) is 4.98 Å². The van der Waals surface area contributed by atoms with Crippen molar-refractivity contribution < 1.29 is 32.8 Å². The molecule has 1 aliphatic carbocycles. The molecule has 0 bridgehead atoms. The summed E-state index contributed by atoms with van der Waals surface area (Å²) >= 11 is 0. The number of nitrogens with two attached hydrogens (primary N) is 1. The van der Waals surface area contributed by atoms with Crippen molar-refractivity contribution in [1.82, 2.24) is 9.55 Å². The van der Waals surface area contributed by atoms with E-state index in [1.807, 2.05) is 0 Å². The van der Waals surface area contributed by atoms with Gasteiger partial charge in [-0.15, -0.1) is 0 Å². The zero-order valence-corrected chi connectivity index (χ0v) is 15.0. The molecule has 1 aromatic heterocycles. The lowest BCUT2D eigenvalue weighted by molar-refractivity contribution is -0.149. The van der Waals surface area contributed by atoms with Crippen LogP contribution in [0.4, 0.5) is 10.2 Å². The summed E-state index contributed by atoms with van der Waals surface area (Å²) in [5, 5.41) is 0. The molecule has 0 amide bonds. The molecule has 1 aromatic rings. The molecule has 0 saturated heterocycles. The number of carbonyl (C=O) groups excluding carboxylic acids is 1. The number of esters is 1. The Hall–Kier alpha value is -2.07. The third-order valence-electron chi connectivity index (χ3n) is 3.79. The number of nitrogen functional groups attached to an aromatic ring is 1. The van der Waals surface area contributed by atoms with Gasteiger partial charge < -0.3 is 20.3 Å². The second kappa shape index (κ2) is 7.28. The maximum Gasteiger partial charge on any atom is 0.469 e. The van der Waals surface area contributed by atoms with Crippen LogP contribution in [-0.4, -0.2) is 38.5 Å². The van der Waals surface area contributed by atoms with Crippen LogP contribution in [0.25, 0.3) is 6.20 Å². The molecule has 1 atom stereocenters. The van der Waals surface area contributed by atoms with Crippen LogP contribution in [0.1, 0.15) is 20.3 Å². The SMILES string of the molecule is CC(C)C(=O)OC[C@]1(COP(=O)(O)O)C/C1=C/n1cc(F)c(N)nc1=O. The first-order valence-electron chi connectivity index (χ1n) is 7.55. The summed E-state index contributed by atoms with van der Waals surface area (Å²) in [4.78, 5) is 44.5. The third kappa shape index (κ3) is 4.98. The van der Waals surface area contributed by atoms with E-state index >= 15 is 0 Å². The first kappa shape index (κ1) is 20.2. The summed E-state index contributed by atoms with van der Waals surface area (Å²) in [5.41, 5.74) is 3.85. The first-order valence-corrected chi connectivity index (χ1v) is 9.08. The number of halogens is 1. The van der Waals surface area contributed by atoms with Gasteiger partial charge in [0.1, 0.15) is 6.61 Å². The van der Waals surface area contributed by atoms with Gasteiger partial charge in [0, 0.05) is 6.20 Å². The fraction of sp³-hybridized carbons (Fsp3) is 0.500. The van der Waals surface area contributed by atoms with Crippen molar-refractivity contribution in [1.29, 1.82) is 0 Å². The highest BCUT2D eigenvalue weighted by molar-refractivity contribution is 7.46. The summed E-state index contributed by atoms with van der Waals surface area (Å²) in [7, 11) is -4.75. The molecule has 1 fully saturated rings. The fourth-order valence-electron chi connectivity index (χ4n) is 2.13. The summed E-state index contributed by atoms with van der Waals surface area (Å²) in [6, 6.07) is 0. The molecular weight excluding hydrogens is 372 g/mol. The van der Waals surface area contributed by atoms with Crippen LogP contribution in [0.15, 0.2) is 16.6 Å². The molecule has 12 heteroatoms. The van der Waals surface area contributed by atoms with E-state index in [1.54, 1.807) is 13.8 Å². The Kier molecular flexibility index (Phi) is 5.67. The average Bonchev–Trinajstić information content (AvgIpc) is 3.21. The minimum absolute atomic E-state index is 0.199. The van der Waals surface area contributed by atoms with Crippen LogP contribution in [0.3, 0.4) is 0 Å². The standard InChI is InChI=1S/C14H19FN3O7P/c1-8(2)12(19)24-6-14(7-25-26(21,22)23)3-9(14)4-18-5-10(15)11(16)17-13(18)20/h4-5,8H,3,6-7H2,1-2H3,(H2,16,17,20)(H2,21,22,23)/b9-4-/t14-/m0/s1. The number of ether oxygens (including phenoxy) is 1. The van der Waals surface area contributed by atoms with E-state index < -0.39 is 43.1 Å². The van der Waals surface area contributed by atoms with E-state index in [0.717, 1.165) is 10.8 Å². The normalized spacial score (nSPS) is 21.2. The van der Waals surface area contributed by atoms with Crippen molar-refractivity contribution in [3.63, 3.8) is 0 Å². The Morgan fingerprint density at radius 2 is 2.19 bits per heavy atom. The number of anilines is 1. The molecule has 1 aliphatic rings. The smallest absolute Gasteiger partial charge is 0.464 e.